The minimum Gasteiger partial charge on any atom is -0.490 e. The molecular formula is C17H24N2O2. The molecule has 0 amide bonds. The minimum atomic E-state index is -0.465. The van der Waals surface area contributed by atoms with Gasteiger partial charge in [0.15, 0.2) is 0 Å². The Bertz CT molecular complexity index is 498. The van der Waals surface area contributed by atoms with E-state index in [9.17, 15) is 10.4 Å². The Balaban J connectivity index is 2.05. The van der Waals surface area contributed by atoms with Crippen LogP contribution in [0.15, 0.2) is 24.3 Å². The maximum atomic E-state index is 9.54. The van der Waals surface area contributed by atoms with Crippen molar-refractivity contribution in [1.29, 1.82) is 5.26 Å². The number of ether oxygens (including phenoxy) is 1. The van der Waals surface area contributed by atoms with Gasteiger partial charge in [-0.1, -0.05) is 25.1 Å². The van der Waals surface area contributed by atoms with E-state index >= 15 is 0 Å². The van der Waals surface area contributed by atoms with Crippen molar-refractivity contribution in [1.82, 2.24) is 5.32 Å². The second kappa shape index (κ2) is 7.44. The summed E-state index contributed by atoms with van der Waals surface area (Å²) in [6.45, 7) is 2.93. The molecule has 0 radical (unpaired) electrons. The molecule has 2 atom stereocenters. The SMILES string of the molecule is CCCNC1(C#N)CCCC(Oc2ccccc2CO)C1. The Morgan fingerprint density at radius 2 is 2.29 bits per heavy atom. The van der Waals surface area contributed by atoms with Gasteiger partial charge in [-0.3, -0.25) is 5.32 Å². The minimum absolute atomic E-state index is 0.0236. The summed E-state index contributed by atoms with van der Waals surface area (Å²) >= 11 is 0. The lowest BCUT2D eigenvalue weighted by Gasteiger charge is -2.36. The third-order valence-corrected chi connectivity index (χ3v) is 4.07. The highest BCUT2D eigenvalue weighted by Gasteiger charge is 2.37. The normalized spacial score (nSPS) is 25.3. The summed E-state index contributed by atoms with van der Waals surface area (Å²) in [5.41, 5.74) is 0.333. The van der Waals surface area contributed by atoms with Gasteiger partial charge >= 0.3 is 0 Å². The second-order valence-corrected chi connectivity index (χ2v) is 5.72. The van der Waals surface area contributed by atoms with Gasteiger partial charge in [0.25, 0.3) is 0 Å². The highest BCUT2D eigenvalue weighted by Crippen LogP contribution is 2.31. The number of aliphatic hydroxyl groups is 1. The molecule has 0 spiro atoms. The van der Waals surface area contributed by atoms with Gasteiger partial charge in [0.1, 0.15) is 17.4 Å². The van der Waals surface area contributed by atoms with E-state index < -0.39 is 5.54 Å². The molecule has 2 N–H and O–H groups in total. The van der Waals surface area contributed by atoms with E-state index in [-0.39, 0.29) is 12.7 Å². The topological polar surface area (TPSA) is 65.3 Å². The van der Waals surface area contributed by atoms with E-state index in [4.69, 9.17) is 4.74 Å². The summed E-state index contributed by atoms with van der Waals surface area (Å²) < 4.78 is 6.06. The van der Waals surface area contributed by atoms with E-state index in [0.29, 0.717) is 6.42 Å². The van der Waals surface area contributed by atoms with Gasteiger partial charge in [-0.2, -0.15) is 5.26 Å². The molecule has 1 fully saturated rings. The van der Waals surface area contributed by atoms with Crippen LogP contribution in [0.25, 0.3) is 0 Å². The molecule has 0 aromatic heterocycles. The molecule has 114 valence electrons. The van der Waals surface area contributed by atoms with Crippen LogP contribution >= 0.6 is 0 Å². The van der Waals surface area contributed by atoms with Crippen LogP contribution in [-0.4, -0.2) is 23.3 Å². The molecule has 21 heavy (non-hydrogen) atoms. The van der Waals surface area contributed by atoms with Crippen molar-refractivity contribution in [2.75, 3.05) is 6.54 Å². The number of nitrogens with one attached hydrogen (secondary N) is 1. The Kier molecular flexibility index (Phi) is 5.60. The Morgan fingerprint density at radius 3 is 3.00 bits per heavy atom. The fraction of sp³-hybridized carbons (Fsp3) is 0.588. The van der Waals surface area contributed by atoms with Crippen LogP contribution < -0.4 is 10.1 Å². The van der Waals surface area contributed by atoms with Gasteiger partial charge in [-0.05, 0) is 38.3 Å². The number of benzene rings is 1. The van der Waals surface area contributed by atoms with Crippen molar-refractivity contribution in [3.8, 4) is 11.8 Å². The number of nitrogens with zero attached hydrogens (tertiary/aromatic N) is 1. The van der Waals surface area contributed by atoms with E-state index in [2.05, 4.69) is 18.3 Å². The van der Waals surface area contributed by atoms with Crippen LogP contribution in [-0.2, 0) is 6.61 Å². The molecule has 1 aliphatic rings. The molecule has 0 heterocycles. The fourth-order valence-electron chi connectivity index (χ4n) is 2.92. The van der Waals surface area contributed by atoms with Crippen LogP contribution in [0.2, 0.25) is 0 Å². The summed E-state index contributed by atoms with van der Waals surface area (Å²) in [6.07, 6.45) is 4.56. The first-order chi connectivity index (χ1) is 10.2. The first-order valence-corrected chi connectivity index (χ1v) is 7.74. The predicted molar refractivity (Wildman–Crippen MR) is 81.9 cm³/mol. The van der Waals surface area contributed by atoms with Crippen LogP contribution in [0.1, 0.15) is 44.6 Å². The molecule has 4 nitrogen and oxygen atoms in total. The molecule has 1 aliphatic carbocycles. The van der Waals surface area contributed by atoms with Crippen LogP contribution in [0.3, 0.4) is 0 Å². The highest BCUT2D eigenvalue weighted by molar-refractivity contribution is 5.33. The molecule has 0 bridgehead atoms. The van der Waals surface area contributed by atoms with Gasteiger partial charge in [-0.25, -0.2) is 0 Å². The third-order valence-electron chi connectivity index (χ3n) is 4.07. The van der Waals surface area contributed by atoms with Crippen molar-refractivity contribution in [3.63, 3.8) is 0 Å². The number of hydrogen-bond donors (Lipinski definition) is 2. The quantitative estimate of drug-likeness (QED) is 0.844. The molecular weight excluding hydrogens is 264 g/mol. The number of hydrogen-bond acceptors (Lipinski definition) is 4. The zero-order chi connectivity index (χ0) is 15.1. The molecule has 2 unspecified atom stereocenters. The molecule has 0 saturated heterocycles. The van der Waals surface area contributed by atoms with Gasteiger partial charge in [0.2, 0.25) is 0 Å². The van der Waals surface area contributed by atoms with Crippen LogP contribution in [0.5, 0.6) is 5.75 Å². The van der Waals surface area contributed by atoms with E-state index in [0.717, 1.165) is 43.5 Å². The Hall–Kier alpha value is -1.57. The summed E-state index contributed by atoms with van der Waals surface area (Å²) in [5.74, 6) is 0.731. The first-order valence-electron chi connectivity index (χ1n) is 7.74. The zero-order valence-corrected chi connectivity index (χ0v) is 12.6. The van der Waals surface area contributed by atoms with E-state index in [1.807, 2.05) is 24.3 Å². The van der Waals surface area contributed by atoms with Gasteiger partial charge in [0.05, 0.1) is 12.7 Å². The zero-order valence-electron chi connectivity index (χ0n) is 12.6. The molecule has 2 rings (SSSR count). The van der Waals surface area contributed by atoms with E-state index in [1.165, 1.54) is 0 Å². The fourth-order valence-corrected chi connectivity index (χ4v) is 2.92. The largest absolute Gasteiger partial charge is 0.490 e. The summed E-state index contributed by atoms with van der Waals surface area (Å²) in [5, 5.41) is 22.3. The lowest BCUT2D eigenvalue weighted by Crippen LogP contribution is -2.50. The maximum Gasteiger partial charge on any atom is 0.125 e. The van der Waals surface area contributed by atoms with Crippen molar-refractivity contribution < 1.29 is 9.84 Å². The standard InChI is InChI=1S/C17H24N2O2/c1-2-10-19-17(13-18)9-5-7-15(11-17)21-16-8-4-3-6-14(16)12-20/h3-4,6,8,15,19-20H,2,5,7,9-12H2,1H3. The molecule has 4 heteroatoms. The number of para-hydroxylation sites is 1. The summed E-state index contributed by atoms with van der Waals surface area (Å²) in [6, 6.07) is 10.0. The van der Waals surface area contributed by atoms with E-state index in [1.54, 1.807) is 0 Å². The smallest absolute Gasteiger partial charge is 0.125 e. The lowest BCUT2D eigenvalue weighted by molar-refractivity contribution is 0.110. The average Bonchev–Trinajstić information content (AvgIpc) is 2.54. The van der Waals surface area contributed by atoms with Gasteiger partial charge in [-0.15, -0.1) is 0 Å². The maximum absolute atomic E-state index is 9.54. The predicted octanol–water partition coefficient (Wildman–Crippen LogP) is 2.76. The van der Waals surface area contributed by atoms with Gasteiger partial charge < -0.3 is 9.84 Å². The number of aliphatic hydroxyl groups excluding tert-OH is 1. The molecule has 1 saturated carbocycles. The van der Waals surface area contributed by atoms with Crippen molar-refractivity contribution in [2.24, 2.45) is 0 Å². The van der Waals surface area contributed by atoms with Crippen molar-refractivity contribution in [3.05, 3.63) is 29.8 Å². The van der Waals surface area contributed by atoms with Crippen molar-refractivity contribution >= 4 is 0 Å². The van der Waals surface area contributed by atoms with Crippen molar-refractivity contribution in [2.45, 2.75) is 57.3 Å². The second-order valence-electron chi connectivity index (χ2n) is 5.72. The Labute approximate surface area is 126 Å². The third kappa shape index (κ3) is 3.96. The summed E-state index contributed by atoms with van der Waals surface area (Å²) in [7, 11) is 0. The lowest BCUT2D eigenvalue weighted by atomic mass is 9.81. The Morgan fingerprint density at radius 1 is 1.48 bits per heavy atom. The van der Waals surface area contributed by atoms with Crippen LogP contribution in [0.4, 0.5) is 0 Å². The highest BCUT2D eigenvalue weighted by atomic mass is 16.5. The molecule has 1 aromatic carbocycles. The number of nitriles is 1. The molecule has 0 aliphatic heterocycles. The van der Waals surface area contributed by atoms with Gasteiger partial charge in [0, 0.05) is 12.0 Å². The number of rotatable bonds is 6. The monoisotopic (exact) mass is 288 g/mol. The average molecular weight is 288 g/mol. The van der Waals surface area contributed by atoms with Crippen LogP contribution in [0, 0.1) is 11.3 Å². The molecule has 1 aromatic rings. The summed E-state index contributed by atoms with van der Waals surface area (Å²) in [4.78, 5) is 0. The first kappa shape index (κ1) is 15.8.